The summed E-state index contributed by atoms with van der Waals surface area (Å²) in [6, 6.07) is 8.06. The Labute approximate surface area is 243 Å². The van der Waals surface area contributed by atoms with Crippen LogP contribution in [0.15, 0.2) is 30.3 Å². The van der Waals surface area contributed by atoms with Gasteiger partial charge in [-0.15, -0.1) is 0 Å². The van der Waals surface area contributed by atoms with Crippen molar-refractivity contribution in [1.82, 2.24) is 0 Å². The predicted molar refractivity (Wildman–Crippen MR) is 127 cm³/mol. The van der Waals surface area contributed by atoms with Gasteiger partial charge in [0.1, 0.15) is 0 Å². The second-order valence-electron chi connectivity index (χ2n) is 7.77. The van der Waals surface area contributed by atoms with Crippen molar-refractivity contribution in [3.63, 3.8) is 0 Å². The van der Waals surface area contributed by atoms with E-state index in [9.17, 15) is 19.8 Å². The SMILES string of the molecule is CCCCCCCCCCCCCCCCCC(=O)[O-].O=C([O-])c1ccccc1.[Cl][Cu][Cl].[Cu+2].[Cu+2]. The molecular weight excluding hydrogens is 626 g/mol. The third-order valence-electron chi connectivity index (χ3n) is 4.99. The topological polar surface area (TPSA) is 80.3 Å². The van der Waals surface area contributed by atoms with E-state index in [1.165, 1.54) is 95.6 Å². The summed E-state index contributed by atoms with van der Waals surface area (Å²) < 4.78 is 0. The van der Waals surface area contributed by atoms with Gasteiger partial charge >= 0.3 is 67.5 Å². The maximum absolute atomic E-state index is 10.2. The molecule has 0 fully saturated rings. The molecule has 2 radical (unpaired) electrons. The number of carbonyl (C=O) groups excluding carboxylic acids is 2. The molecule has 4 nitrogen and oxygen atoms in total. The number of aliphatic carboxylic acids is 1. The van der Waals surface area contributed by atoms with Crippen LogP contribution in [-0.2, 0) is 52.1 Å². The minimum absolute atomic E-state index is 0. The second kappa shape index (κ2) is 35.5. The van der Waals surface area contributed by atoms with Crippen LogP contribution in [0.5, 0.6) is 0 Å². The van der Waals surface area contributed by atoms with Crippen LogP contribution in [0.3, 0.4) is 0 Å². The maximum atomic E-state index is 10.2. The van der Waals surface area contributed by atoms with Crippen LogP contribution < -0.4 is 10.2 Å². The molecule has 0 aliphatic rings. The van der Waals surface area contributed by atoms with Gasteiger partial charge in [-0.1, -0.05) is 127 Å². The average molecular weight is 666 g/mol. The fraction of sp³-hybridized carbons (Fsp3) is 0.680. The van der Waals surface area contributed by atoms with Crippen LogP contribution in [-0.4, -0.2) is 11.9 Å². The van der Waals surface area contributed by atoms with Gasteiger partial charge in [-0.2, -0.15) is 0 Å². The van der Waals surface area contributed by atoms with E-state index >= 15 is 0 Å². The molecule has 0 heterocycles. The summed E-state index contributed by atoms with van der Waals surface area (Å²) in [5.41, 5.74) is 0.220. The number of unbranched alkanes of at least 4 members (excludes halogenated alkanes) is 14. The standard InChI is InChI=1S/C18H36O2.C7H6O2.2ClH.3Cu/c1-2-3-4-5-6-7-8-9-10-11-12-13-14-15-16-17-18(19)20;8-7(9)6-4-2-1-3-5-6;;;;;/h2-17H2,1H3,(H,19,20);1-5H,(H,8,9);2*1H;;;/q;;;;3*+2/p-4. The number of rotatable bonds is 17. The first-order valence-corrected chi connectivity index (χ1v) is 14.4. The summed E-state index contributed by atoms with van der Waals surface area (Å²) in [7, 11) is 9.34. The Morgan fingerprint density at radius 1 is 0.676 bits per heavy atom. The van der Waals surface area contributed by atoms with Crippen molar-refractivity contribution in [2.45, 2.75) is 110 Å². The van der Waals surface area contributed by atoms with Crippen molar-refractivity contribution in [2.24, 2.45) is 0 Å². The van der Waals surface area contributed by atoms with E-state index in [1.807, 2.05) is 0 Å². The molecule has 0 unspecified atom stereocenters. The summed E-state index contributed by atoms with van der Waals surface area (Å²) in [5.74, 6) is -2.03. The number of benzene rings is 1. The van der Waals surface area contributed by atoms with E-state index in [4.69, 9.17) is 0 Å². The van der Waals surface area contributed by atoms with Crippen molar-refractivity contribution >= 4 is 32.1 Å². The number of carboxylic acid groups (broad SMARTS) is 2. The molecule has 0 N–H and O–H groups in total. The van der Waals surface area contributed by atoms with E-state index in [0.29, 0.717) is 0 Å². The Kier molecular flexibility index (Phi) is 43.2. The minimum atomic E-state index is -1.13. The molecule has 0 saturated carbocycles. The van der Waals surface area contributed by atoms with E-state index in [1.54, 1.807) is 18.2 Å². The van der Waals surface area contributed by atoms with Crippen molar-refractivity contribution in [3.8, 4) is 0 Å². The van der Waals surface area contributed by atoms with Crippen LogP contribution >= 0.6 is 20.2 Å². The summed E-state index contributed by atoms with van der Waals surface area (Å²) >= 11 is 0.757. The summed E-state index contributed by atoms with van der Waals surface area (Å²) in [5, 5.41) is 20.3. The molecule has 0 aromatic heterocycles. The summed E-state index contributed by atoms with van der Waals surface area (Å²) in [4.78, 5) is 20.3. The Balaban J connectivity index is -0.000000267. The Morgan fingerprint density at radius 2 is 1.00 bits per heavy atom. The first-order valence-electron chi connectivity index (χ1n) is 11.8. The molecule has 0 aliphatic carbocycles. The number of carbonyl (C=O) groups is 2. The van der Waals surface area contributed by atoms with E-state index in [0.717, 1.165) is 26.0 Å². The number of aromatic carboxylic acids is 1. The Morgan fingerprint density at radius 3 is 1.26 bits per heavy atom. The fourth-order valence-corrected chi connectivity index (χ4v) is 3.21. The van der Waals surface area contributed by atoms with Gasteiger partial charge in [-0.25, -0.2) is 0 Å². The van der Waals surface area contributed by atoms with Gasteiger partial charge in [0.05, 0.1) is 5.97 Å². The zero-order valence-electron chi connectivity index (χ0n) is 20.0. The molecule has 0 aliphatic heterocycles. The number of carboxylic acids is 2. The molecule has 1 aromatic carbocycles. The third-order valence-corrected chi connectivity index (χ3v) is 4.99. The van der Waals surface area contributed by atoms with Gasteiger partial charge in [0.15, 0.2) is 0 Å². The van der Waals surface area contributed by atoms with E-state index in [-0.39, 0.29) is 46.1 Å². The summed E-state index contributed by atoms with van der Waals surface area (Å²) in [6.45, 7) is 2.27. The predicted octanol–water partition coefficient (Wildman–Crippen LogP) is 6.42. The Bertz CT molecular complexity index is 538. The van der Waals surface area contributed by atoms with Crippen LogP contribution in [0.2, 0.25) is 0 Å². The van der Waals surface area contributed by atoms with Crippen LogP contribution in [0, 0.1) is 0 Å². The quantitative estimate of drug-likeness (QED) is 0.142. The van der Waals surface area contributed by atoms with Crippen LogP contribution in [0.25, 0.3) is 0 Å². The van der Waals surface area contributed by atoms with Gasteiger partial charge < -0.3 is 19.8 Å². The third kappa shape index (κ3) is 36.9. The molecule has 0 bridgehead atoms. The normalized spacial score (nSPS) is 9.38. The molecule has 0 atom stereocenters. The first-order chi connectivity index (χ1) is 15.5. The molecule has 1 aromatic rings. The zero-order valence-corrected chi connectivity index (χ0v) is 24.3. The monoisotopic (exact) mass is 663 g/mol. The van der Waals surface area contributed by atoms with Crippen molar-refractivity contribution < 1.29 is 67.1 Å². The van der Waals surface area contributed by atoms with E-state index < -0.39 is 11.9 Å². The van der Waals surface area contributed by atoms with Crippen LogP contribution in [0.4, 0.5) is 0 Å². The van der Waals surface area contributed by atoms with Gasteiger partial charge in [0.25, 0.3) is 0 Å². The zero-order chi connectivity index (χ0) is 24.3. The number of hydrogen-bond acceptors (Lipinski definition) is 4. The number of halogens is 2. The summed E-state index contributed by atoms with van der Waals surface area (Å²) in [6.07, 6.45) is 19.9. The van der Waals surface area contributed by atoms with Gasteiger partial charge in [-0.05, 0) is 18.4 Å². The van der Waals surface area contributed by atoms with E-state index in [2.05, 4.69) is 27.1 Å². The molecule has 209 valence electrons. The van der Waals surface area contributed by atoms with Crippen molar-refractivity contribution in [2.75, 3.05) is 0 Å². The molecular formula is C25H40Cl2Cu3O4+2. The molecule has 0 saturated heterocycles. The van der Waals surface area contributed by atoms with Crippen molar-refractivity contribution in [1.29, 1.82) is 0 Å². The molecule has 0 spiro atoms. The van der Waals surface area contributed by atoms with Gasteiger partial charge in [-0.3, -0.25) is 0 Å². The maximum Gasteiger partial charge on any atom is 2.00 e. The molecule has 9 heteroatoms. The molecule has 34 heavy (non-hydrogen) atoms. The minimum Gasteiger partial charge on any atom is 2.00 e. The average Bonchev–Trinajstić information content (AvgIpc) is 2.78. The second-order valence-corrected chi connectivity index (χ2v) is 9.32. The molecule has 0 amide bonds. The van der Waals surface area contributed by atoms with Crippen molar-refractivity contribution in [3.05, 3.63) is 35.9 Å². The first kappa shape index (κ1) is 41.4. The van der Waals surface area contributed by atoms with Gasteiger partial charge in [0, 0.05) is 5.97 Å². The number of hydrogen-bond donors (Lipinski definition) is 0. The smallest absolute Gasteiger partial charge is 2.00 e. The fourth-order valence-electron chi connectivity index (χ4n) is 3.21. The molecule has 1 rings (SSSR count). The van der Waals surface area contributed by atoms with Gasteiger partial charge in [0.2, 0.25) is 0 Å². The van der Waals surface area contributed by atoms with Crippen LogP contribution in [0.1, 0.15) is 120 Å². The largest absolute Gasteiger partial charge is 2.00 e. The Hall–Kier alpha value is 0.298.